The van der Waals surface area contributed by atoms with E-state index in [0.717, 1.165) is 12.8 Å². The number of rotatable bonds is 4. The third kappa shape index (κ3) is 3.94. The molecular formula is C13H25NO. The van der Waals surface area contributed by atoms with Crippen molar-refractivity contribution < 1.29 is 4.79 Å². The molecule has 0 radical (unpaired) electrons. The van der Waals surface area contributed by atoms with Crippen molar-refractivity contribution in [2.45, 2.75) is 65.5 Å². The number of ketones is 1. The summed E-state index contributed by atoms with van der Waals surface area (Å²) in [5.74, 6) is 1.03. The van der Waals surface area contributed by atoms with Gasteiger partial charge in [0.25, 0.3) is 0 Å². The van der Waals surface area contributed by atoms with Gasteiger partial charge < -0.3 is 5.32 Å². The third-order valence-electron chi connectivity index (χ3n) is 3.27. The number of Topliss-reactive ketones (excluding diaryl/α,β-unsaturated/α-hetero) is 1. The van der Waals surface area contributed by atoms with Crippen LogP contribution in [0.2, 0.25) is 0 Å². The second-order valence-corrected chi connectivity index (χ2v) is 5.43. The molecule has 1 aliphatic carbocycles. The van der Waals surface area contributed by atoms with Crippen molar-refractivity contribution in [2.24, 2.45) is 11.8 Å². The van der Waals surface area contributed by atoms with Crippen LogP contribution in [0.5, 0.6) is 0 Å². The van der Waals surface area contributed by atoms with E-state index in [1.165, 1.54) is 12.8 Å². The molecule has 0 unspecified atom stereocenters. The fraction of sp³-hybridized carbons (Fsp3) is 0.923. The standard InChI is InChI=1S/C13H25NO/c1-9(2)13(15)11-5-7-12(8-6-11)14-10(3)4/h9-12,14H,5-8H2,1-4H3/t11-,12-. The largest absolute Gasteiger partial charge is 0.312 e. The highest BCUT2D eigenvalue weighted by Crippen LogP contribution is 2.27. The number of hydrogen-bond acceptors (Lipinski definition) is 2. The van der Waals surface area contributed by atoms with Crippen LogP contribution in [-0.2, 0) is 4.79 Å². The predicted octanol–water partition coefficient (Wildman–Crippen LogP) is 2.77. The minimum Gasteiger partial charge on any atom is -0.312 e. The van der Waals surface area contributed by atoms with Gasteiger partial charge in [0.15, 0.2) is 0 Å². The monoisotopic (exact) mass is 211 g/mol. The van der Waals surface area contributed by atoms with Crippen LogP contribution in [0.15, 0.2) is 0 Å². The van der Waals surface area contributed by atoms with Gasteiger partial charge in [0, 0.05) is 23.9 Å². The molecule has 0 aromatic rings. The zero-order valence-corrected chi connectivity index (χ0v) is 10.5. The van der Waals surface area contributed by atoms with Gasteiger partial charge in [-0.2, -0.15) is 0 Å². The van der Waals surface area contributed by atoms with Gasteiger partial charge in [0.05, 0.1) is 0 Å². The number of carbonyl (C=O) groups excluding carboxylic acids is 1. The van der Waals surface area contributed by atoms with Crippen LogP contribution >= 0.6 is 0 Å². The van der Waals surface area contributed by atoms with E-state index in [-0.39, 0.29) is 5.92 Å². The summed E-state index contributed by atoms with van der Waals surface area (Å²) in [6, 6.07) is 1.20. The first-order valence-corrected chi connectivity index (χ1v) is 6.30. The van der Waals surface area contributed by atoms with Gasteiger partial charge in [-0.3, -0.25) is 4.79 Å². The lowest BCUT2D eigenvalue weighted by Crippen LogP contribution is -2.39. The summed E-state index contributed by atoms with van der Waals surface area (Å²) in [7, 11) is 0. The molecule has 1 saturated carbocycles. The summed E-state index contributed by atoms with van der Waals surface area (Å²) in [6.07, 6.45) is 4.51. The van der Waals surface area contributed by atoms with E-state index in [9.17, 15) is 4.79 Å². The Morgan fingerprint density at radius 3 is 2.00 bits per heavy atom. The Kier molecular flexibility index (Phi) is 4.78. The molecule has 0 saturated heterocycles. The van der Waals surface area contributed by atoms with Crippen LogP contribution in [0.1, 0.15) is 53.4 Å². The molecule has 1 fully saturated rings. The van der Waals surface area contributed by atoms with Gasteiger partial charge in [0.2, 0.25) is 0 Å². The Labute approximate surface area is 93.8 Å². The fourth-order valence-electron chi connectivity index (χ4n) is 2.49. The Hall–Kier alpha value is -0.370. The normalized spacial score (nSPS) is 27.3. The Balaban J connectivity index is 2.32. The molecule has 0 bridgehead atoms. The lowest BCUT2D eigenvalue weighted by molar-refractivity contribution is -0.126. The van der Waals surface area contributed by atoms with E-state index >= 15 is 0 Å². The first kappa shape index (κ1) is 12.7. The van der Waals surface area contributed by atoms with Crippen LogP contribution in [0.25, 0.3) is 0 Å². The summed E-state index contributed by atoms with van der Waals surface area (Å²) < 4.78 is 0. The first-order chi connectivity index (χ1) is 7.00. The highest BCUT2D eigenvalue weighted by molar-refractivity contribution is 5.82. The maximum absolute atomic E-state index is 11.8. The minimum absolute atomic E-state index is 0.213. The van der Waals surface area contributed by atoms with Crippen molar-refractivity contribution in [1.82, 2.24) is 5.32 Å². The quantitative estimate of drug-likeness (QED) is 0.774. The summed E-state index contributed by atoms with van der Waals surface area (Å²) >= 11 is 0. The summed E-state index contributed by atoms with van der Waals surface area (Å²) in [4.78, 5) is 11.8. The fourth-order valence-corrected chi connectivity index (χ4v) is 2.49. The van der Waals surface area contributed by atoms with Crippen LogP contribution in [0, 0.1) is 11.8 Å². The van der Waals surface area contributed by atoms with Crippen molar-refractivity contribution in [1.29, 1.82) is 0 Å². The molecule has 0 aliphatic heterocycles. The number of nitrogens with one attached hydrogen (secondary N) is 1. The molecule has 88 valence electrons. The van der Waals surface area contributed by atoms with E-state index in [4.69, 9.17) is 0 Å². The Bertz CT molecular complexity index is 203. The lowest BCUT2D eigenvalue weighted by Gasteiger charge is -2.30. The van der Waals surface area contributed by atoms with Crippen LogP contribution in [-0.4, -0.2) is 17.9 Å². The molecule has 1 rings (SSSR count). The van der Waals surface area contributed by atoms with Gasteiger partial charge in [-0.25, -0.2) is 0 Å². The molecule has 0 aromatic heterocycles. The number of carbonyl (C=O) groups is 1. The summed E-state index contributed by atoms with van der Waals surface area (Å²) in [5.41, 5.74) is 0. The highest BCUT2D eigenvalue weighted by Gasteiger charge is 2.27. The molecule has 0 spiro atoms. The minimum atomic E-state index is 0.213. The average Bonchev–Trinajstić information content (AvgIpc) is 2.17. The average molecular weight is 211 g/mol. The zero-order valence-electron chi connectivity index (χ0n) is 10.5. The molecule has 1 N–H and O–H groups in total. The van der Waals surface area contributed by atoms with Crippen molar-refractivity contribution in [2.75, 3.05) is 0 Å². The maximum atomic E-state index is 11.8. The van der Waals surface area contributed by atoms with Gasteiger partial charge in [0.1, 0.15) is 5.78 Å². The van der Waals surface area contributed by atoms with Gasteiger partial charge in [-0.1, -0.05) is 27.7 Å². The van der Waals surface area contributed by atoms with Gasteiger partial charge >= 0.3 is 0 Å². The van der Waals surface area contributed by atoms with Crippen molar-refractivity contribution in [3.63, 3.8) is 0 Å². The van der Waals surface area contributed by atoms with E-state index in [0.29, 0.717) is 23.8 Å². The smallest absolute Gasteiger partial charge is 0.138 e. The van der Waals surface area contributed by atoms with Gasteiger partial charge in [-0.05, 0) is 25.7 Å². The molecule has 2 nitrogen and oxygen atoms in total. The molecule has 1 aliphatic rings. The molecule has 0 heterocycles. The molecule has 2 heteroatoms. The Morgan fingerprint density at radius 2 is 1.60 bits per heavy atom. The van der Waals surface area contributed by atoms with Crippen LogP contribution in [0.4, 0.5) is 0 Å². The molecule has 15 heavy (non-hydrogen) atoms. The molecule has 0 aromatic carbocycles. The van der Waals surface area contributed by atoms with Crippen molar-refractivity contribution in [3.8, 4) is 0 Å². The maximum Gasteiger partial charge on any atom is 0.138 e. The van der Waals surface area contributed by atoms with E-state index in [1.807, 2.05) is 13.8 Å². The summed E-state index contributed by atoms with van der Waals surface area (Å²) in [5, 5.41) is 3.56. The second kappa shape index (κ2) is 5.64. The lowest BCUT2D eigenvalue weighted by atomic mass is 9.80. The van der Waals surface area contributed by atoms with Crippen molar-refractivity contribution >= 4 is 5.78 Å². The van der Waals surface area contributed by atoms with Crippen LogP contribution in [0.3, 0.4) is 0 Å². The predicted molar refractivity (Wildman–Crippen MR) is 63.9 cm³/mol. The van der Waals surface area contributed by atoms with E-state index < -0.39 is 0 Å². The number of hydrogen-bond donors (Lipinski definition) is 1. The zero-order chi connectivity index (χ0) is 11.4. The first-order valence-electron chi connectivity index (χ1n) is 6.30. The highest BCUT2D eigenvalue weighted by atomic mass is 16.1. The topological polar surface area (TPSA) is 29.1 Å². The van der Waals surface area contributed by atoms with Crippen molar-refractivity contribution in [3.05, 3.63) is 0 Å². The van der Waals surface area contributed by atoms with Gasteiger partial charge in [-0.15, -0.1) is 0 Å². The molecule has 0 amide bonds. The Morgan fingerprint density at radius 1 is 1.07 bits per heavy atom. The molecule has 0 atom stereocenters. The van der Waals surface area contributed by atoms with E-state index in [1.54, 1.807) is 0 Å². The van der Waals surface area contributed by atoms with Crippen LogP contribution < -0.4 is 5.32 Å². The molecular weight excluding hydrogens is 186 g/mol. The SMILES string of the molecule is CC(C)N[C@H]1CC[C@H](C(=O)C(C)C)CC1. The second-order valence-electron chi connectivity index (χ2n) is 5.43. The summed E-state index contributed by atoms with van der Waals surface area (Å²) in [6.45, 7) is 8.40. The van der Waals surface area contributed by atoms with E-state index in [2.05, 4.69) is 19.2 Å². The third-order valence-corrected chi connectivity index (χ3v) is 3.27.